The molecule has 0 spiro atoms. The largest absolute Gasteiger partial charge is 0.383 e. The van der Waals surface area contributed by atoms with Crippen LogP contribution < -0.4 is 16.4 Å². The summed E-state index contributed by atoms with van der Waals surface area (Å²) in [7, 11) is 0. The molecular formula is C18H32Cl2N4O2. The maximum Gasteiger partial charge on any atom is 0.223 e. The second kappa shape index (κ2) is 13.1. The molecule has 0 saturated heterocycles. The highest BCUT2D eigenvalue weighted by molar-refractivity contribution is 5.85. The lowest BCUT2D eigenvalue weighted by Crippen LogP contribution is -2.46. The van der Waals surface area contributed by atoms with E-state index in [1.165, 1.54) is 0 Å². The molecule has 6 nitrogen and oxygen atoms in total. The first kappa shape index (κ1) is 24.9. The molecule has 0 unspecified atom stereocenters. The molecule has 0 aromatic carbocycles. The van der Waals surface area contributed by atoms with Crippen LogP contribution in [0, 0.1) is 12.8 Å². The Morgan fingerprint density at radius 3 is 2.77 bits per heavy atom. The van der Waals surface area contributed by atoms with Crippen molar-refractivity contribution in [3.63, 3.8) is 0 Å². The van der Waals surface area contributed by atoms with Gasteiger partial charge in [-0.2, -0.15) is 0 Å². The zero-order valence-electron chi connectivity index (χ0n) is 15.6. The Morgan fingerprint density at radius 2 is 2.12 bits per heavy atom. The van der Waals surface area contributed by atoms with Gasteiger partial charge >= 0.3 is 0 Å². The monoisotopic (exact) mass is 406 g/mol. The Morgan fingerprint density at radius 1 is 1.35 bits per heavy atom. The summed E-state index contributed by atoms with van der Waals surface area (Å²) < 4.78 is 5.76. The molecule has 1 aliphatic rings. The highest BCUT2D eigenvalue weighted by Gasteiger charge is 2.32. The Hall–Kier alpha value is -1.08. The number of hydrogen-bond donors (Lipinski definition) is 3. The number of nitrogens with one attached hydrogen (secondary N) is 2. The molecule has 1 amide bonds. The number of pyridine rings is 1. The molecule has 26 heavy (non-hydrogen) atoms. The molecule has 1 saturated carbocycles. The average Bonchev–Trinajstić information content (AvgIpc) is 2.59. The third kappa shape index (κ3) is 7.66. The van der Waals surface area contributed by atoms with Gasteiger partial charge in [0.2, 0.25) is 5.91 Å². The van der Waals surface area contributed by atoms with Crippen LogP contribution in [0.15, 0.2) is 18.5 Å². The van der Waals surface area contributed by atoms with Crippen LogP contribution in [0.25, 0.3) is 0 Å². The number of amides is 1. The Labute approximate surface area is 168 Å². The first-order chi connectivity index (χ1) is 11.6. The highest BCUT2D eigenvalue weighted by Crippen LogP contribution is 2.25. The zero-order valence-corrected chi connectivity index (χ0v) is 17.2. The normalized spacial score (nSPS) is 21.9. The molecule has 1 aliphatic carbocycles. The average molecular weight is 407 g/mol. The van der Waals surface area contributed by atoms with E-state index >= 15 is 0 Å². The zero-order chi connectivity index (χ0) is 17.4. The van der Waals surface area contributed by atoms with Gasteiger partial charge in [0.15, 0.2) is 0 Å². The molecule has 150 valence electrons. The maximum absolute atomic E-state index is 12.3. The van der Waals surface area contributed by atoms with Gasteiger partial charge in [0, 0.05) is 49.7 Å². The van der Waals surface area contributed by atoms with E-state index in [9.17, 15) is 4.79 Å². The number of nitrogens with zero attached hydrogens (tertiary/aromatic N) is 1. The number of nitrogens with two attached hydrogens (primary N) is 1. The maximum atomic E-state index is 12.3. The minimum Gasteiger partial charge on any atom is -0.383 e. The third-order valence-electron chi connectivity index (χ3n) is 4.50. The van der Waals surface area contributed by atoms with E-state index in [4.69, 9.17) is 10.5 Å². The van der Waals surface area contributed by atoms with Crippen molar-refractivity contribution in [3.8, 4) is 0 Å². The lowest BCUT2D eigenvalue weighted by Gasteiger charge is -2.33. The standard InChI is InChI=1S/C18H30N4O2.2ClH/c1-3-10-24-17-5-4-14(11-15(17)19)18(23)22-9-8-21-16-6-7-20-12-13(16)2;;/h6-7,12,14-15,17H,3-5,8-11,19H2,1-2H3,(H,20,21)(H,22,23);2*1H/t14-,15+,17+;;/m0../s1. The number of aromatic nitrogens is 1. The summed E-state index contributed by atoms with van der Waals surface area (Å²) in [4.78, 5) is 16.4. The lowest BCUT2D eigenvalue weighted by atomic mass is 9.83. The number of ether oxygens (including phenoxy) is 1. The number of rotatable bonds is 8. The predicted molar refractivity (Wildman–Crippen MR) is 110 cm³/mol. The number of aryl methyl sites for hydroxylation is 1. The van der Waals surface area contributed by atoms with Crippen molar-refractivity contribution in [2.45, 2.75) is 51.7 Å². The van der Waals surface area contributed by atoms with Crippen molar-refractivity contribution in [3.05, 3.63) is 24.0 Å². The fraction of sp³-hybridized carbons (Fsp3) is 0.667. The van der Waals surface area contributed by atoms with Crippen molar-refractivity contribution in [2.75, 3.05) is 25.0 Å². The van der Waals surface area contributed by atoms with E-state index in [1.54, 1.807) is 6.20 Å². The minimum absolute atomic E-state index is 0. The van der Waals surface area contributed by atoms with E-state index in [1.807, 2.05) is 19.2 Å². The van der Waals surface area contributed by atoms with Gasteiger partial charge in [0.1, 0.15) is 0 Å². The molecular weight excluding hydrogens is 375 g/mol. The molecule has 0 aliphatic heterocycles. The molecule has 2 rings (SSSR count). The van der Waals surface area contributed by atoms with E-state index in [2.05, 4.69) is 22.5 Å². The summed E-state index contributed by atoms with van der Waals surface area (Å²) >= 11 is 0. The molecule has 1 fully saturated rings. The lowest BCUT2D eigenvalue weighted by molar-refractivity contribution is -0.127. The fourth-order valence-corrected chi connectivity index (χ4v) is 3.09. The van der Waals surface area contributed by atoms with Crippen LogP contribution in [0.1, 0.15) is 38.2 Å². The number of carbonyl (C=O) groups excluding carboxylic acids is 1. The van der Waals surface area contributed by atoms with Crippen LogP contribution in [0.5, 0.6) is 0 Å². The summed E-state index contributed by atoms with van der Waals surface area (Å²) in [5, 5.41) is 6.32. The Bertz CT molecular complexity index is 534. The van der Waals surface area contributed by atoms with E-state index in [0.717, 1.165) is 37.1 Å². The van der Waals surface area contributed by atoms with Crippen LogP contribution in [-0.2, 0) is 9.53 Å². The predicted octanol–water partition coefficient (Wildman–Crippen LogP) is 2.68. The summed E-state index contributed by atoms with van der Waals surface area (Å²) in [6, 6.07) is 1.90. The van der Waals surface area contributed by atoms with Crippen LogP contribution in [0.4, 0.5) is 5.69 Å². The minimum atomic E-state index is -0.0429. The summed E-state index contributed by atoms with van der Waals surface area (Å²) in [5.74, 6) is 0.108. The van der Waals surface area contributed by atoms with Crippen LogP contribution >= 0.6 is 24.8 Å². The van der Waals surface area contributed by atoms with Crippen LogP contribution in [0.3, 0.4) is 0 Å². The molecule has 1 aromatic rings. The number of hydrogen-bond acceptors (Lipinski definition) is 5. The fourth-order valence-electron chi connectivity index (χ4n) is 3.09. The number of anilines is 1. The van der Waals surface area contributed by atoms with Gasteiger partial charge in [0.05, 0.1) is 6.10 Å². The van der Waals surface area contributed by atoms with Gasteiger partial charge in [-0.1, -0.05) is 6.92 Å². The Balaban J connectivity index is 0.00000312. The second-order valence-electron chi connectivity index (χ2n) is 6.49. The van der Waals surface area contributed by atoms with Crippen LogP contribution in [0.2, 0.25) is 0 Å². The Kier molecular flexibility index (Phi) is 12.6. The van der Waals surface area contributed by atoms with E-state index in [-0.39, 0.29) is 48.8 Å². The molecule has 1 aromatic heterocycles. The second-order valence-corrected chi connectivity index (χ2v) is 6.49. The number of halogens is 2. The molecule has 8 heteroatoms. The van der Waals surface area contributed by atoms with Crippen molar-refractivity contribution >= 4 is 36.4 Å². The van der Waals surface area contributed by atoms with Crippen molar-refractivity contribution in [2.24, 2.45) is 11.7 Å². The van der Waals surface area contributed by atoms with Gasteiger partial charge in [-0.25, -0.2) is 0 Å². The smallest absolute Gasteiger partial charge is 0.223 e. The molecule has 1 heterocycles. The molecule has 0 bridgehead atoms. The van der Waals surface area contributed by atoms with Gasteiger partial charge in [-0.15, -0.1) is 24.8 Å². The summed E-state index contributed by atoms with van der Waals surface area (Å²) in [6.07, 6.45) is 7.10. The SMILES string of the molecule is CCCO[C@@H]1CC[C@H](C(=O)NCCNc2ccncc2C)C[C@H]1N.Cl.Cl. The molecule has 0 radical (unpaired) electrons. The van der Waals surface area contributed by atoms with E-state index in [0.29, 0.717) is 19.5 Å². The van der Waals surface area contributed by atoms with Crippen molar-refractivity contribution < 1.29 is 9.53 Å². The van der Waals surface area contributed by atoms with E-state index < -0.39 is 0 Å². The topological polar surface area (TPSA) is 89.3 Å². The van der Waals surface area contributed by atoms with Crippen molar-refractivity contribution in [1.82, 2.24) is 10.3 Å². The molecule has 3 atom stereocenters. The first-order valence-electron chi connectivity index (χ1n) is 8.91. The highest BCUT2D eigenvalue weighted by atomic mass is 35.5. The third-order valence-corrected chi connectivity index (χ3v) is 4.50. The number of carbonyl (C=O) groups is 1. The summed E-state index contributed by atoms with van der Waals surface area (Å²) in [5.41, 5.74) is 8.32. The van der Waals surface area contributed by atoms with Crippen molar-refractivity contribution in [1.29, 1.82) is 0 Å². The van der Waals surface area contributed by atoms with Gasteiger partial charge < -0.3 is 21.1 Å². The summed E-state index contributed by atoms with van der Waals surface area (Å²) in [6.45, 7) is 6.13. The molecule has 4 N–H and O–H groups in total. The quantitative estimate of drug-likeness (QED) is 0.577. The van der Waals surface area contributed by atoms with Gasteiger partial charge in [-0.3, -0.25) is 9.78 Å². The van der Waals surface area contributed by atoms with Gasteiger partial charge in [-0.05, 0) is 44.2 Å². The first-order valence-corrected chi connectivity index (χ1v) is 8.91. The van der Waals surface area contributed by atoms with Crippen LogP contribution in [-0.4, -0.2) is 42.7 Å². The van der Waals surface area contributed by atoms with Gasteiger partial charge in [0.25, 0.3) is 0 Å².